The highest BCUT2D eigenvalue weighted by molar-refractivity contribution is 5.97. The maximum atomic E-state index is 11.8. The molecule has 1 heterocycles. The van der Waals surface area contributed by atoms with Crippen LogP contribution in [0, 0.1) is 6.92 Å². The van der Waals surface area contributed by atoms with E-state index in [1.165, 1.54) is 13.2 Å². The molecule has 0 spiro atoms. The van der Waals surface area contributed by atoms with Gasteiger partial charge in [-0.2, -0.15) is 0 Å². The van der Waals surface area contributed by atoms with Crippen LogP contribution < -0.4 is 20.5 Å². The lowest BCUT2D eigenvalue weighted by molar-refractivity contribution is -0.118. The maximum absolute atomic E-state index is 11.8. The number of hydrogen-bond acceptors (Lipinski definition) is 6. The molecular formula is C14H15N3O5. The van der Waals surface area contributed by atoms with Gasteiger partial charge in [0.15, 0.2) is 23.9 Å². The number of para-hydroxylation sites is 1. The molecule has 0 unspecified atom stereocenters. The van der Waals surface area contributed by atoms with Crippen LogP contribution in [0.3, 0.4) is 0 Å². The van der Waals surface area contributed by atoms with E-state index in [1.807, 2.05) is 0 Å². The third-order valence-corrected chi connectivity index (χ3v) is 2.71. The number of anilines is 1. The largest absolute Gasteiger partial charge is 0.493 e. The lowest BCUT2D eigenvalue weighted by atomic mass is 10.2. The second-order valence-electron chi connectivity index (χ2n) is 4.36. The van der Waals surface area contributed by atoms with Crippen LogP contribution in [0.4, 0.5) is 5.82 Å². The first-order valence-electron chi connectivity index (χ1n) is 6.34. The Morgan fingerprint density at radius 1 is 1.41 bits per heavy atom. The molecule has 1 aromatic heterocycles. The number of nitrogens with zero attached hydrogens (tertiary/aromatic N) is 1. The smallest absolute Gasteiger partial charge is 0.263 e. The third-order valence-electron chi connectivity index (χ3n) is 2.71. The van der Waals surface area contributed by atoms with Crippen LogP contribution in [0.1, 0.15) is 16.1 Å². The van der Waals surface area contributed by atoms with Gasteiger partial charge in [-0.05, 0) is 19.1 Å². The Kier molecular flexibility index (Phi) is 4.62. The maximum Gasteiger partial charge on any atom is 0.263 e. The van der Waals surface area contributed by atoms with Gasteiger partial charge in [0.25, 0.3) is 11.8 Å². The molecule has 0 fully saturated rings. The number of nitrogens with one attached hydrogen (secondary N) is 1. The number of amides is 2. The van der Waals surface area contributed by atoms with Gasteiger partial charge in [0, 0.05) is 6.07 Å². The molecule has 2 rings (SSSR count). The summed E-state index contributed by atoms with van der Waals surface area (Å²) in [5.41, 5.74) is 5.40. The first kappa shape index (κ1) is 15.4. The van der Waals surface area contributed by atoms with Crippen LogP contribution in [0.2, 0.25) is 0 Å². The zero-order chi connectivity index (χ0) is 16.1. The number of ether oxygens (including phenoxy) is 2. The van der Waals surface area contributed by atoms with E-state index in [2.05, 4.69) is 10.5 Å². The highest BCUT2D eigenvalue weighted by Gasteiger charge is 2.16. The number of primary amides is 1. The summed E-state index contributed by atoms with van der Waals surface area (Å²) in [6, 6.07) is 6.25. The van der Waals surface area contributed by atoms with Crippen molar-refractivity contribution in [1.29, 1.82) is 0 Å². The molecule has 0 saturated carbocycles. The molecule has 0 aliphatic rings. The molecule has 2 aromatic rings. The number of benzene rings is 1. The molecular weight excluding hydrogens is 290 g/mol. The zero-order valence-corrected chi connectivity index (χ0v) is 12.1. The van der Waals surface area contributed by atoms with E-state index < -0.39 is 11.8 Å². The molecule has 22 heavy (non-hydrogen) atoms. The minimum Gasteiger partial charge on any atom is -0.493 e. The predicted octanol–water partition coefficient (Wildman–Crippen LogP) is 1.11. The summed E-state index contributed by atoms with van der Waals surface area (Å²) in [5.74, 6) is 0.125. The van der Waals surface area contributed by atoms with Gasteiger partial charge in [0.1, 0.15) is 5.76 Å². The number of rotatable bonds is 6. The Balaban J connectivity index is 2.07. The minimum atomic E-state index is -0.679. The van der Waals surface area contributed by atoms with Crippen LogP contribution in [-0.2, 0) is 4.79 Å². The van der Waals surface area contributed by atoms with Crippen molar-refractivity contribution in [3.05, 3.63) is 35.6 Å². The average molecular weight is 305 g/mol. The van der Waals surface area contributed by atoms with Gasteiger partial charge in [-0.25, -0.2) is 0 Å². The lowest BCUT2D eigenvalue weighted by Gasteiger charge is -2.12. The van der Waals surface area contributed by atoms with Crippen LogP contribution >= 0.6 is 0 Å². The van der Waals surface area contributed by atoms with E-state index in [0.717, 1.165) is 0 Å². The number of carbonyl (C=O) groups is 2. The van der Waals surface area contributed by atoms with Crippen molar-refractivity contribution in [2.45, 2.75) is 6.92 Å². The van der Waals surface area contributed by atoms with Crippen LogP contribution in [0.25, 0.3) is 0 Å². The van der Waals surface area contributed by atoms with E-state index in [1.54, 1.807) is 25.1 Å². The monoisotopic (exact) mass is 305 g/mol. The third kappa shape index (κ3) is 3.54. The van der Waals surface area contributed by atoms with Gasteiger partial charge >= 0.3 is 0 Å². The topological polar surface area (TPSA) is 117 Å². The first-order valence-corrected chi connectivity index (χ1v) is 6.34. The summed E-state index contributed by atoms with van der Waals surface area (Å²) in [6.07, 6.45) is 0. The van der Waals surface area contributed by atoms with Crippen LogP contribution in [0.5, 0.6) is 11.5 Å². The Morgan fingerprint density at radius 3 is 2.77 bits per heavy atom. The average Bonchev–Trinajstić information content (AvgIpc) is 2.89. The summed E-state index contributed by atoms with van der Waals surface area (Å²) >= 11 is 0. The summed E-state index contributed by atoms with van der Waals surface area (Å²) in [4.78, 5) is 23.2. The van der Waals surface area contributed by atoms with Crippen molar-refractivity contribution in [2.75, 3.05) is 19.0 Å². The molecule has 116 valence electrons. The fourth-order valence-electron chi connectivity index (χ4n) is 1.76. The molecule has 0 aliphatic heterocycles. The molecule has 3 N–H and O–H groups in total. The molecule has 0 bridgehead atoms. The highest BCUT2D eigenvalue weighted by Crippen LogP contribution is 2.30. The number of nitrogens with two attached hydrogens (primary N) is 1. The van der Waals surface area contributed by atoms with E-state index in [4.69, 9.17) is 19.7 Å². The number of aromatic nitrogens is 1. The molecule has 0 aliphatic carbocycles. The van der Waals surface area contributed by atoms with Gasteiger partial charge in [0.2, 0.25) is 0 Å². The normalized spacial score (nSPS) is 10.1. The van der Waals surface area contributed by atoms with E-state index >= 15 is 0 Å². The van der Waals surface area contributed by atoms with E-state index in [-0.39, 0.29) is 23.7 Å². The fraction of sp³-hybridized carbons (Fsp3) is 0.214. The Labute approximate surface area is 126 Å². The molecule has 2 amide bonds. The Hall–Kier alpha value is -3.03. The quantitative estimate of drug-likeness (QED) is 0.825. The summed E-state index contributed by atoms with van der Waals surface area (Å²) in [7, 11) is 1.42. The van der Waals surface area contributed by atoms with E-state index in [0.29, 0.717) is 11.5 Å². The summed E-state index contributed by atoms with van der Waals surface area (Å²) < 4.78 is 15.3. The fourth-order valence-corrected chi connectivity index (χ4v) is 1.76. The standard InChI is InChI=1S/C14H15N3O5/c1-8-6-11(17-22-8)16-12(18)7-21-13-9(14(15)19)4-3-5-10(13)20-2/h3-6H,7H2,1-2H3,(H2,15,19)(H,16,17,18). The van der Waals surface area contributed by atoms with Crippen molar-refractivity contribution in [2.24, 2.45) is 5.73 Å². The Bertz CT molecular complexity index is 696. The van der Waals surface area contributed by atoms with Crippen molar-refractivity contribution in [3.8, 4) is 11.5 Å². The molecule has 0 atom stereocenters. The van der Waals surface area contributed by atoms with Gasteiger partial charge in [-0.15, -0.1) is 0 Å². The summed E-state index contributed by atoms with van der Waals surface area (Å²) in [5, 5.41) is 6.12. The second-order valence-corrected chi connectivity index (χ2v) is 4.36. The van der Waals surface area contributed by atoms with Crippen molar-refractivity contribution in [3.63, 3.8) is 0 Å². The van der Waals surface area contributed by atoms with Gasteiger partial charge < -0.3 is 25.0 Å². The Morgan fingerprint density at radius 2 is 2.18 bits per heavy atom. The minimum absolute atomic E-state index is 0.115. The second kappa shape index (κ2) is 6.61. The number of carbonyl (C=O) groups excluding carboxylic acids is 2. The van der Waals surface area contributed by atoms with Gasteiger partial charge in [-0.1, -0.05) is 11.2 Å². The van der Waals surface area contributed by atoms with Gasteiger partial charge in [0.05, 0.1) is 12.7 Å². The van der Waals surface area contributed by atoms with Gasteiger partial charge in [-0.3, -0.25) is 9.59 Å². The SMILES string of the molecule is COc1cccc(C(N)=O)c1OCC(=O)Nc1cc(C)on1. The highest BCUT2D eigenvalue weighted by atomic mass is 16.5. The first-order chi connectivity index (χ1) is 10.5. The van der Waals surface area contributed by atoms with Crippen LogP contribution in [-0.4, -0.2) is 30.7 Å². The van der Waals surface area contributed by atoms with Crippen molar-refractivity contribution >= 4 is 17.6 Å². The zero-order valence-electron chi connectivity index (χ0n) is 12.1. The predicted molar refractivity (Wildman–Crippen MR) is 76.9 cm³/mol. The lowest BCUT2D eigenvalue weighted by Crippen LogP contribution is -2.22. The van der Waals surface area contributed by atoms with E-state index in [9.17, 15) is 9.59 Å². The molecule has 1 aromatic carbocycles. The molecule has 0 saturated heterocycles. The number of hydrogen-bond donors (Lipinski definition) is 2. The van der Waals surface area contributed by atoms with Crippen molar-refractivity contribution in [1.82, 2.24) is 5.16 Å². The van der Waals surface area contributed by atoms with Crippen molar-refractivity contribution < 1.29 is 23.6 Å². The molecule has 0 radical (unpaired) electrons. The summed E-state index contributed by atoms with van der Waals surface area (Å²) in [6.45, 7) is 1.36. The molecule has 8 heteroatoms. The van der Waals surface area contributed by atoms with Crippen LogP contribution in [0.15, 0.2) is 28.8 Å². The number of aryl methyl sites for hydroxylation is 1. The number of methoxy groups -OCH3 is 1. The molecule has 8 nitrogen and oxygen atoms in total.